The molecule has 0 spiro atoms. The van der Waals surface area contributed by atoms with Crippen LogP contribution in [0, 0.1) is 33.5 Å². The van der Waals surface area contributed by atoms with Gasteiger partial charge >= 0.3 is 9.28 Å². The average Bonchev–Trinajstić information content (AvgIpc) is 3.07. The number of hydrogen-bond donors (Lipinski definition) is 0. The molecule has 0 N–H and O–H groups in total. The third-order valence-electron chi connectivity index (χ3n) is 10.4. The van der Waals surface area contributed by atoms with E-state index in [2.05, 4.69) is 41.5 Å². The van der Waals surface area contributed by atoms with Crippen LogP contribution in [0.15, 0.2) is 0 Å². The molecule has 6 atom stereocenters. The first-order valence-electron chi connectivity index (χ1n) is 10.9. The van der Waals surface area contributed by atoms with Crippen molar-refractivity contribution in [3.8, 4) is 0 Å². The second kappa shape index (κ2) is 6.05. The molecule has 0 heterocycles. The van der Waals surface area contributed by atoms with Crippen molar-refractivity contribution in [2.45, 2.75) is 92.3 Å². The summed E-state index contributed by atoms with van der Waals surface area (Å²) in [5.41, 5.74) is 1.39. The number of fused-ring (bicyclic) bond motifs is 4. The van der Waals surface area contributed by atoms with Crippen molar-refractivity contribution in [1.29, 1.82) is 0 Å². The van der Waals surface area contributed by atoms with Crippen molar-refractivity contribution in [2.75, 3.05) is 13.3 Å². The Bertz CT molecular complexity index is 516. The molecule has 0 aromatic carbocycles. The topological polar surface area (TPSA) is 27.7 Å². The molecule has 0 amide bonds. The van der Waals surface area contributed by atoms with Gasteiger partial charge < -0.3 is 13.6 Å². The molecule has 3 nitrogen and oxygen atoms in total. The van der Waals surface area contributed by atoms with E-state index in [1.54, 1.807) is 7.11 Å². The standard InChI is InChI=1S/C22H40O3Si/c1-19(2)15-8-10-21(19,5)17(12-15)24-26(14-23-7)25-18-13-16-9-11-22(18,6)20(16,3)4/h15-18,26H,8-14H2,1-7H3/t15-,16-,17+,18+,21-,22-/m1/s1. The highest BCUT2D eigenvalue weighted by Gasteiger charge is 2.64. The largest absolute Gasteiger partial charge is 0.392 e. The first kappa shape index (κ1) is 19.4. The number of rotatable bonds is 6. The Morgan fingerprint density at radius 3 is 1.46 bits per heavy atom. The molecule has 4 aliphatic carbocycles. The minimum Gasteiger partial charge on any atom is -0.392 e. The smallest absolute Gasteiger partial charge is 0.348 e. The van der Waals surface area contributed by atoms with Gasteiger partial charge in [0.25, 0.3) is 0 Å². The molecule has 4 heteroatoms. The fraction of sp³-hybridized carbons (Fsp3) is 1.00. The van der Waals surface area contributed by atoms with Gasteiger partial charge in [-0.25, -0.2) is 0 Å². The van der Waals surface area contributed by atoms with Crippen molar-refractivity contribution >= 4 is 9.28 Å². The van der Waals surface area contributed by atoms with E-state index in [1.807, 2.05) is 0 Å². The van der Waals surface area contributed by atoms with Gasteiger partial charge in [0.2, 0.25) is 0 Å². The molecule has 0 radical (unpaired) electrons. The highest BCUT2D eigenvalue weighted by Crippen LogP contribution is 2.67. The van der Waals surface area contributed by atoms with Gasteiger partial charge in [0.15, 0.2) is 0 Å². The molecule has 4 rings (SSSR count). The summed E-state index contributed by atoms with van der Waals surface area (Å²) in [7, 11) is -0.0320. The quantitative estimate of drug-likeness (QED) is 0.616. The summed E-state index contributed by atoms with van der Waals surface area (Å²) < 4.78 is 19.2. The molecule has 150 valence electrons. The van der Waals surface area contributed by atoms with Gasteiger partial charge in [0, 0.05) is 7.11 Å². The summed E-state index contributed by atoms with van der Waals surface area (Å²) >= 11 is 0. The minimum absolute atomic E-state index is 0.303. The van der Waals surface area contributed by atoms with E-state index >= 15 is 0 Å². The number of ether oxygens (including phenoxy) is 1. The Kier molecular flexibility index (Phi) is 4.51. The van der Waals surface area contributed by atoms with Crippen LogP contribution in [0.1, 0.15) is 80.1 Å². The molecule has 4 aliphatic rings. The van der Waals surface area contributed by atoms with Crippen molar-refractivity contribution in [3.05, 3.63) is 0 Å². The van der Waals surface area contributed by atoms with Crippen LogP contribution in [0.5, 0.6) is 0 Å². The second-order valence-electron chi connectivity index (χ2n) is 11.4. The first-order valence-corrected chi connectivity index (χ1v) is 12.6. The summed E-state index contributed by atoms with van der Waals surface area (Å²) in [4.78, 5) is 0. The van der Waals surface area contributed by atoms with Crippen molar-refractivity contribution in [2.24, 2.45) is 33.5 Å². The monoisotopic (exact) mass is 380 g/mol. The second-order valence-corrected chi connectivity index (χ2v) is 13.1. The first-order chi connectivity index (χ1) is 12.1. The molecule has 0 unspecified atom stereocenters. The van der Waals surface area contributed by atoms with Gasteiger partial charge in [-0.05, 0) is 72.0 Å². The lowest BCUT2D eigenvalue weighted by atomic mass is 9.70. The summed E-state index contributed by atoms with van der Waals surface area (Å²) in [5.74, 6) is 1.63. The summed E-state index contributed by atoms with van der Waals surface area (Å²) in [6, 6.07) is 0. The lowest BCUT2D eigenvalue weighted by Crippen LogP contribution is -2.47. The van der Waals surface area contributed by atoms with Gasteiger partial charge in [-0.3, -0.25) is 0 Å². The molecule has 26 heavy (non-hydrogen) atoms. The Balaban J connectivity index is 1.47. The Hall–Kier alpha value is 0.0969. The maximum atomic E-state index is 6.80. The third-order valence-corrected chi connectivity index (χ3v) is 12.2. The van der Waals surface area contributed by atoms with Gasteiger partial charge in [-0.15, -0.1) is 0 Å². The predicted molar refractivity (Wildman–Crippen MR) is 107 cm³/mol. The maximum absolute atomic E-state index is 6.80. The molecule has 0 aliphatic heterocycles. The minimum atomic E-state index is -1.83. The van der Waals surface area contributed by atoms with Gasteiger partial charge in [0.05, 0.1) is 18.4 Å². The van der Waals surface area contributed by atoms with E-state index in [0.29, 0.717) is 40.1 Å². The van der Waals surface area contributed by atoms with Gasteiger partial charge in [-0.2, -0.15) is 0 Å². The molecule has 0 saturated heterocycles. The summed E-state index contributed by atoms with van der Waals surface area (Å²) in [5, 5.41) is 0. The van der Waals surface area contributed by atoms with Crippen LogP contribution >= 0.6 is 0 Å². The zero-order valence-electron chi connectivity index (χ0n) is 18.1. The van der Waals surface area contributed by atoms with E-state index in [-0.39, 0.29) is 0 Å². The molecule has 0 aromatic heterocycles. The summed E-state index contributed by atoms with van der Waals surface area (Å²) in [6.07, 6.45) is 9.19. The SMILES string of the molecule is COC[SiH](O[C@H]1C[C@H]2CC[C@@]1(C)C2(C)C)O[C@H]1C[C@H]2CC[C@@]1(C)C2(C)C. The molecule has 0 aromatic rings. The lowest BCUT2D eigenvalue weighted by molar-refractivity contribution is -0.0315. The number of methoxy groups -OCH3 is 1. The highest BCUT2D eigenvalue weighted by atomic mass is 28.3. The zero-order valence-corrected chi connectivity index (χ0v) is 19.2. The predicted octanol–water partition coefficient (Wildman–Crippen LogP) is 4.86. The molecule has 4 saturated carbocycles. The van der Waals surface area contributed by atoms with Gasteiger partial charge in [0.1, 0.15) is 0 Å². The van der Waals surface area contributed by atoms with Crippen LogP contribution < -0.4 is 0 Å². The van der Waals surface area contributed by atoms with Crippen LogP contribution in [0.4, 0.5) is 0 Å². The third kappa shape index (κ3) is 2.41. The fourth-order valence-corrected chi connectivity index (χ4v) is 9.33. The van der Waals surface area contributed by atoms with E-state index in [4.69, 9.17) is 13.6 Å². The average molecular weight is 381 g/mol. The van der Waals surface area contributed by atoms with Crippen molar-refractivity contribution in [1.82, 2.24) is 0 Å². The normalized spacial score (nSPS) is 48.0. The Labute approximate surface area is 162 Å². The van der Waals surface area contributed by atoms with E-state index in [9.17, 15) is 0 Å². The van der Waals surface area contributed by atoms with Crippen molar-refractivity contribution in [3.63, 3.8) is 0 Å². The van der Waals surface area contributed by atoms with Crippen LogP contribution in [-0.2, 0) is 13.6 Å². The van der Waals surface area contributed by atoms with Crippen LogP contribution in [0.3, 0.4) is 0 Å². The lowest BCUT2D eigenvalue weighted by Gasteiger charge is -2.42. The van der Waals surface area contributed by atoms with Crippen LogP contribution in [-0.4, -0.2) is 34.8 Å². The fourth-order valence-electron chi connectivity index (χ4n) is 7.29. The van der Waals surface area contributed by atoms with E-state index in [1.165, 1.54) is 38.5 Å². The molecule has 4 fully saturated rings. The van der Waals surface area contributed by atoms with E-state index < -0.39 is 9.28 Å². The Morgan fingerprint density at radius 2 is 1.19 bits per heavy atom. The number of hydrogen-bond acceptors (Lipinski definition) is 3. The summed E-state index contributed by atoms with van der Waals surface area (Å²) in [6.45, 7) is 14.8. The maximum Gasteiger partial charge on any atom is 0.348 e. The zero-order chi connectivity index (χ0) is 19.0. The van der Waals surface area contributed by atoms with Crippen molar-refractivity contribution < 1.29 is 13.6 Å². The van der Waals surface area contributed by atoms with Gasteiger partial charge in [-0.1, -0.05) is 41.5 Å². The van der Waals surface area contributed by atoms with Crippen LogP contribution in [0.2, 0.25) is 0 Å². The van der Waals surface area contributed by atoms with E-state index in [0.717, 1.165) is 11.8 Å². The molecular weight excluding hydrogens is 340 g/mol. The molecular formula is C22H40O3Si. The van der Waals surface area contributed by atoms with Crippen LogP contribution in [0.25, 0.3) is 0 Å². The Morgan fingerprint density at radius 1 is 0.769 bits per heavy atom. The highest BCUT2D eigenvalue weighted by molar-refractivity contribution is 6.44. The molecule has 4 bridgehead atoms.